The Labute approximate surface area is 146 Å². The first-order chi connectivity index (χ1) is 9.81. The van der Waals surface area contributed by atoms with E-state index in [0.717, 1.165) is 37.8 Å². The SMILES string of the molecule is CCNC(=NCC1CCCN(CC)C1)NC1CC=CC1.I. The zero-order valence-corrected chi connectivity index (χ0v) is 15.8. The van der Waals surface area contributed by atoms with Crippen LogP contribution >= 0.6 is 24.0 Å². The molecule has 0 spiro atoms. The number of hydrogen-bond acceptors (Lipinski definition) is 2. The lowest BCUT2D eigenvalue weighted by molar-refractivity contribution is 0.186. The summed E-state index contributed by atoms with van der Waals surface area (Å²) in [5.41, 5.74) is 0. The molecule has 0 aromatic heterocycles. The minimum atomic E-state index is 0. The molecule has 1 atom stereocenters. The molecular formula is C16H31IN4. The van der Waals surface area contributed by atoms with Crippen molar-refractivity contribution in [2.24, 2.45) is 10.9 Å². The van der Waals surface area contributed by atoms with Gasteiger partial charge in [0.25, 0.3) is 0 Å². The van der Waals surface area contributed by atoms with Crippen molar-refractivity contribution >= 4 is 29.9 Å². The van der Waals surface area contributed by atoms with Crippen LogP contribution < -0.4 is 10.6 Å². The molecule has 5 heteroatoms. The number of guanidine groups is 1. The summed E-state index contributed by atoms with van der Waals surface area (Å²) >= 11 is 0. The Morgan fingerprint density at radius 3 is 2.71 bits per heavy atom. The van der Waals surface area contributed by atoms with Gasteiger partial charge in [-0.25, -0.2) is 0 Å². The average Bonchev–Trinajstić information content (AvgIpc) is 2.98. The van der Waals surface area contributed by atoms with Crippen LogP contribution in [0, 0.1) is 5.92 Å². The summed E-state index contributed by atoms with van der Waals surface area (Å²) in [6, 6.07) is 0.534. The first kappa shape index (κ1) is 18.7. The van der Waals surface area contributed by atoms with Gasteiger partial charge < -0.3 is 15.5 Å². The quantitative estimate of drug-likeness (QED) is 0.319. The topological polar surface area (TPSA) is 39.7 Å². The Morgan fingerprint density at radius 1 is 1.29 bits per heavy atom. The van der Waals surface area contributed by atoms with Crippen molar-refractivity contribution in [1.82, 2.24) is 15.5 Å². The number of hydrogen-bond donors (Lipinski definition) is 2. The molecule has 0 bridgehead atoms. The lowest BCUT2D eigenvalue weighted by Gasteiger charge is -2.31. The van der Waals surface area contributed by atoms with Crippen LogP contribution in [0.3, 0.4) is 0 Å². The summed E-state index contributed by atoms with van der Waals surface area (Å²) in [6.45, 7) is 9.91. The van der Waals surface area contributed by atoms with E-state index in [1.165, 1.54) is 32.5 Å². The van der Waals surface area contributed by atoms with Crippen LogP contribution in [0.4, 0.5) is 0 Å². The van der Waals surface area contributed by atoms with E-state index in [0.29, 0.717) is 6.04 Å². The number of aliphatic imine (C=N–C) groups is 1. The zero-order chi connectivity index (χ0) is 14.2. The number of rotatable bonds is 5. The van der Waals surface area contributed by atoms with Gasteiger partial charge in [0.2, 0.25) is 0 Å². The van der Waals surface area contributed by atoms with Crippen LogP contribution in [0.5, 0.6) is 0 Å². The normalized spacial score (nSPS) is 23.9. The molecular weight excluding hydrogens is 375 g/mol. The van der Waals surface area contributed by atoms with Crippen molar-refractivity contribution in [1.29, 1.82) is 0 Å². The summed E-state index contributed by atoms with van der Waals surface area (Å²) in [6.07, 6.45) is 9.40. The third-order valence-corrected chi connectivity index (χ3v) is 4.25. The Bertz CT molecular complexity index is 335. The number of nitrogens with one attached hydrogen (secondary N) is 2. The van der Waals surface area contributed by atoms with Crippen molar-refractivity contribution in [3.63, 3.8) is 0 Å². The second-order valence-corrected chi connectivity index (χ2v) is 5.91. The highest BCUT2D eigenvalue weighted by atomic mass is 127. The first-order valence-corrected chi connectivity index (χ1v) is 8.24. The van der Waals surface area contributed by atoms with Crippen LogP contribution in [0.2, 0.25) is 0 Å². The number of nitrogens with zero attached hydrogens (tertiary/aromatic N) is 2. The Kier molecular flexibility index (Phi) is 9.31. The van der Waals surface area contributed by atoms with Gasteiger partial charge in [0.15, 0.2) is 5.96 Å². The van der Waals surface area contributed by atoms with Crippen LogP contribution in [-0.2, 0) is 0 Å². The Hall–Kier alpha value is -0.300. The summed E-state index contributed by atoms with van der Waals surface area (Å²) < 4.78 is 0. The largest absolute Gasteiger partial charge is 0.357 e. The van der Waals surface area contributed by atoms with E-state index in [9.17, 15) is 0 Å². The molecule has 4 nitrogen and oxygen atoms in total. The van der Waals surface area contributed by atoms with Gasteiger partial charge >= 0.3 is 0 Å². The zero-order valence-electron chi connectivity index (χ0n) is 13.5. The third kappa shape index (κ3) is 6.55. The van der Waals surface area contributed by atoms with E-state index < -0.39 is 0 Å². The van der Waals surface area contributed by atoms with E-state index in [1.54, 1.807) is 0 Å². The molecule has 1 fully saturated rings. The summed E-state index contributed by atoms with van der Waals surface area (Å²) in [4.78, 5) is 7.36. The first-order valence-electron chi connectivity index (χ1n) is 8.24. The monoisotopic (exact) mass is 406 g/mol. The summed E-state index contributed by atoms with van der Waals surface area (Å²) in [5, 5.41) is 6.92. The average molecular weight is 406 g/mol. The minimum absolute atomic E-state index is 0. The van der Waals surface area contributed by atoms with Gasteiger partial charge in [0.05, 0.1) is 0 Å². The maximum absolute atomic E-state index is 4.81. The number of halogens is 1. The van der Waals surface area contributed by atoms with Gasteiger partial charge in [-0.2, -0.15) is 0 Å². The third-order valence-electron chi connectivity index (χ3n) is 4.25. The lowest BCUT2D eigenvalue weighted by atomic mass is 9.98. The highest BCUT2D eigenvalue weighted by Gasteiger charge is 2.18. The molecule has 1 saturated heterocycles. The number of piperidine rings is 1. The van der Waals surface area contributed by atoms with Crippen LogP contribution in [-0.4, -0.2) is 49.6 Å². The Morgan fingerprint density at radius 2 is 2.05 bits per heavy atom. The minimum Gasteiger partial charge on any atom is -0.357 e. The van der Waals surface area contributed by atoms with E-state index in [-0.39, 0.29) is 24.0 Å². The lowest BCUT2D eigenvalue weighted by Crippen LogP contribution is -2.43. The molecule has 2 rings (SSSR count). The maximum Gasteiger partial charge on any atom is 0.191 e. The molecule has 1 heterocycles. The molecule has 0 radical (unpaired) electrons. The van der Waals surface area contributed by atoms with E-state index in [4.69, 9.17) is 4.99 Å². The summed E-state index contributed by atoms with van der Waals surface area (Å²) in [5.74, 6) is 1.72. The molecule has 0 saturated carbocycles. The molecule has 0 aromatic rings. The van der Waals surface area contributed by atoms with E-state index >= 15 is 0 Å². The maximum atomic E-state index is 4.81. The smallest absolute Gasteiger partial charge is 0.191 e. The molecule has 2 N–H and O–H groups in total. The fraction of sp³-hybridized carbons (Fsp3) is 0.812. The molecule has 1 unspecified atom stereocenters. The fourth-order valence-corrected chi connectivity index (χ4v) is 3.06. The van der Waals surface area contributed by atoms with Crippen molar-refractivity contribution in [2.45, 2.75) is 45.6 Å². The molecule has 122 valence electrons. The van der Waals surface area contributed by atoms with Crippen molar-refractivity contribution < 1.29 is 0 Å². The van der Waals surface area contributed by atoms with Gasteiger partial charge in [-0.15, -0.1) is 24.0 Å². The predicted octanol–water partition coefficient (Wildman–Crippen LogP) is 2.61. The van der Waals surface area contributed by atoms with Gasteiger partial charge in [-0.05, 0) is 51.6 Å². The highest BCUT2D eigenvalue weighted by molar-refractivity contribution is 14.0. The van der Waals surface area contributed by atoms with Crippen molar-refractivity contribution in [3.05, 3.63) is 12.2 Å². The molecule has 0 amide bonds. The Balaban J connectivity index is 0.00000220. The molecule has 1 aliphatic heterocycles. The molecule has 21 heavy (non-hydrogen) atoms. The van der Waals surface area contributed by atoms with E-state index in [2.05, 4.69) is 41.5 Å². The van der Waals surface area contributed by atoms with Crippen LogP contribution in [0.25, 0.3) is 0 Å². The molecule has 0 aromatic carbocycles. The number of likely N-dealkylation sites (tertiary alicyclic amines) is 1. The van der Waals surface area contributed by atoms with Crippen LogP contribution in [0.15, 0.2) is 17.1 Å². The van der Waals surface area contributed by atoms with Crippen molar-refractivity contribution in [3.8, 4) is 0 Å². The summed E-state index contributed by atoms with van der Waals surface area (Å²) in [7, 11) is 0. The second kappa shape index (κ2) is 10.4. The standard InChI is InChI=1S/C16H30N4.HI/c1-3-17-16(19-15-9-5-6-10-15)18-12-14-8-7-11-20(4-2)13-14;/h5-6,14-15H,3-4,7-13H2,1-2H3,(H2,17,18,19);1H. The van der Waals surface area contributed by atoms with E-state index in [1.807, 2.05) is 0 Å². The van der Waals surface area contributed by atoms with Gasteiger partial charge in [0, 0.05) is 25.7 Å². The van der Waals surface area contributed by atoms with Gasteiger partial charge in [0.1, 0.15) is 0 Å². The van der Waals surface area contributed by atoms with Gasteiger partial charge in [-0.3, -0.25) is 4.99 Å². The fourth-order valence-electron chi connectivity index (χ4n) is 3.06. The highest BCUT2D eigenvalue weighted by Crippen LogP contribution is 2.16. The van der Waals surface area contributed by atoms with Crippen LogP contribution in [0.1, 0.15) is 39.5 Å². The van der Waals surface area contributed by atoms with Gasteiger partial charge in [-0.1, -0.05) is 19.1 Å². The molecule has 1 aliphatic carbocycles. The van der Waals surface area contributed by atoms with Crippen molar-refractivity contribution in [2.75, 3.05) is 32.7 Å². The predicted molar refractivity (Wildman–Crippen MR) is 102 cm³/mol. The second-order valence-electron chi connectivity index (χ2n) is 5.91. The molecule has 2 aliphatic rings.